The smallest absolute Gasteiger partial charge is 0.279 e. The number of hydrogen-bond acceptors (Lipinski definition) is 5. The van der Waals surface area contributed by atoms with Crippen LogP contribution in [0, 0.1) is 0 Å². The van der Waals surface area contributed by atoms with Crippen molar-refractivity contribution in [3.05, 3.63) is 24.2 Å². The van der Waals surface area contributed by atoms with Gasteiger partial charge < -0.3 is 5.32 Å². The maximum Gasteiger partial charge on any atom is 0.279 e. The van der Waals surface area contributed by atoms with Gasteiger partial charge in [0.15, 0.2) is 5.03 Å². The number of H-pyrrole nitrogens is 1. The summed E-state index contributed by atoms with van der Waals surface area (Å²) >= 11 is 0. The summed E-state index contributed by atoms with van der Waals surface area (Å²) in [5.74, 6) is 0. The lowest BCUT2D eigenvalue weighted by Gasteiger charge is -2.06. The second-order valence-electron chi connectivity index (χ2n) is 4.01. The number of rotatable bonds is 6. The van der Waals surface area contributed by atoms with Gasteiger partial charge in [-0.1, -0.05) is 6.92 Å². The Balaban J connectivity index is 2.22. The summed E-state index contributed by atoms with van der Waals surface area (Å²) < 4.78 is 28.4. The van der Waals surface area contributed by atoms with E-state index < -0.39 is 10.0 Å². The molecule has 9 heteroatoms. The minimum absolute atomic E-state index is 0.0669. The van der Waals surface area contributed by atoms with Crippen LogP contribution in [0.1, 0.15) is 12.5 Å². The van der Waals surface area contributed by atoms with Crippen molar-refractivity contribution in [2.45, 2.75) is 18.5 Å². The normalized spacial score (nSPS) is 11.7. The molecule has 0 fully saturated rings. The lowest BCUT2D eigenvalue weighted by Crippen LogP contribution is -2.18. The highest BCUT2D eigenvalue weighted by molar-refractivity contribution is 7.92. The fraction of sp³-hybridized carbons (Fsp3) is 0.400. The van der Waals surface area contributed by atoms with E-state index in [1.807, 2.05) is 6.92 Å². The van der Waals surface area contributed by atoms with Gasteiger partial charge in [0.05, 0.1) is 18.1 Å². The molecule has 0 aliphatic heterocycles. The molecule has 0 atom stereocenters. The zero-order valence-electron chi connectivity index (χ0n) is 10.7. The first-order valence-electron chi connectivity index (χ1n) is 5.77. The van der Waals surface area contributed by atoms with Crippen LogP contribution in [0.2, 0.25) is 0 Å². The third-order valence-electron chi connectivity index (χ3n) is 2.47. The lowest BCUT2D eigenvalue weighted by atomic mass is 10.3. The van der Waals surface area contributed by atoms with Crippen LogP contribution < -0.4 is 10.0 Å². The standard InChI is InChI=1S/C10H16N6O2S/c1-3-11-4-8-5-12-14-10(8)19(17,18)15-9-6-13-16(2)7-9/h5-7,11,15H,3-4H2,1-2H3,(H,12,14). The van der Waals surface area contributed by atoms with Crippen molar-refractivity contribution in [1.29, 1.82) is 0 Å². The van der Waals surface area contributed by atoms with Crippen molar-refractivity contribution in [2.24, 2.45) is 7.05 Å². The van der Waals surface area contributed by atoms with Crippen molar-refractivity contribution in [2.75, 3.05) is 11.3 Å². The van der Waals surface area contributed by atoms with Gasteiger partial charge >= 0.3 is 0 Å². The topological polar surface area (TPSA) is 105 Å². The first kappa shape index (κ1) is 13.6. The average Bonchev–Trinajstić information content (AvgIpc) is 2.95. The van der Waals surface area contributed by atoms with E-state index in [-0.39, 0.29) is 5.03 Å². The van der Waals surface area contributed by atoms with Gasteiger partial charge in [0.1, 0.15) is 0 Å². The van der Waals surface area contributed by atoms with Crippen LogP contribution in [0.4, 0.5) is 5.69 Å². The molecule has 0 radical (unpaired) electrons. The predicted octanol–water partition coefficient (Wildman–Crippen LogP) is 0.0535. The van der Waals surface area contributed by atoms with Crippen molar-refractivity contribution >= 4 is 15.7 Å². The molecular formula is C10H16N6O2S. The molecule has 2 aromatic heterocycles. The number of nitrogens with zero attached hydrogens (tertiary/aromatic N) is 3. The Morgan fingerprint density at radius 2 is 2.21 bits per heavy atom. The van der Waals surface area contributed by atoms with E-state index in [0.29, 0.717) is 17.8 Å². The maximum absolute atomic E-state index is 12.2. The molecular weight excluding hydrogens is 268 g/mol. The van der Waals surface area contributed by atoms with Gasteiger partial charge in [-0.2, -0.15) is 18.6 Å². The number of anilines is 1. The van der Waals surface area contributed by atoms with Crippen LogP contribution in [0.3, 0.4) is 0 Å². The van der Waals surface area contributed by atoms with Gasteiger partial charge in [-0.05, 0) is 6.54 Å². The molecule has 0 aromatic carbocycles. The van der Waals surface area contributed by atoms with Gasteiger partial charge in [0.25, 0.3) is 10.0 Å². The number of hydrogen-bond donors (Lipinski definition) is 3. The average molecular weight is 284 g/mol. The van der Waals surface area contributed by atoms with E-state index >= 15 is 0 Å². The summed E-state index contributed by atoms with van der Waals surface area (Å²) in [5, 5.41) is 13.3. The zero-order valence-corrected chi connectivity index (χ0v) is 11.5. The van der Waals surface area contributed by atoms with Gasteiger partial charge in [-0.25, -0.2) is 0 Å². The van der Waals surface area contributed by atoms with Crippen LogP contribution in [0.5, 0.6) is 0 Å². The van der Waals surface area contributed by atoms with Crippen LogP contribution in [-0.2, 0) is 23.6 Å². The Bertz CT molecular complexity index is 645. The van der Waals surface area contributed by atoms with Crippen LogP contribution in [0.15, 0.2) is 23.6 Å². The summed E-state index contributed by atoms with van der Waals surface area (Å²) in [5.41, 5.74) is 1.00. The van der Waals surface area contributed by atoms with Gasteiger partial charge in [-0.3, -0.25) is 14.5 Å². The second kappa shape index (κ2) is 5.41. The van der Waals surface area contributed by atoms with Crippen LogP contribution >= 0.6 is 0 Å². The number of sulfonamides is 1. The molecule has 0 saturated carbocycles. The highest BCUT2D eigenvalue weighted by Gasteiger charge is 2.21. The van der Waals surface area contributed by atoms with E-state index in [9.17, 15) is 8.42 Å². The summed E-state index contributed by atoms with van der Waals surface area (Å²) in [7, 11) is -1.97. The summed E-state index contributed by atoms with van der Waals surface area (Å²) in [4.78, 5) is 0. The fourth-order valence-electron chi connectivity index (χ4n) is 1.60. The third kappa shape index (κ3) is 3.12. The third-order valence-corrected chi connectivity index (χ3v) is 3.86. The molecule has 0 spiro atoms. The Labute approximate surface area is 111 Å². The first-order chi connectivity index (χ1) is 9.03. The molecule has 0 aliphatic rings. The van der Waals surface area contributed by atoms with E-state index in [1.54, 1.807) is 13.2 Å². The van der Waals surface area contributed by atoms with E-state index in [1.165, 1.54) is 17.1 Å². The SMILES string of the molecule is CCNCc1cn[nH]c1S(=O)(=O)Nc1cnn(C)c1. The van der Waals surface area contributed by atoms with E-state index in [4.69, 9.17) is 0 Å². The number of aromatic nitrogens is 4. The summed E-state index contributed by atoms with van der Waals surface area (Å²) in [6.07, 6.45) is 4.52. The van der Waals surface area contributed by atoms with Gasteiger partial charge in [0, 0.05) is 25.4 Å². The van der Waals surface area contributed by atoms with Crippen molar-refractivity contribution in [3.8, 4) is 0 Å². The minimum Gasteiger partial charge on any atom is -0.313 e. The Kier molecular flexibility index (Phi) is 3.86. The molecule has 0 bridgehead atoms. The van der Waals surface area contributed by atoms with Gasteiger partial charge in [0.2, 0.25) is 0 Å². The highest BCUT2D eigenvalue weighted by atomic mass is 32.2. The largest absolute Gasteiger partial charge is 0.313 e. The number of aromatic amines is 1. The Morgan fingerprint density at radius 1 is 1.42 bits per heavy atom. The molecule has 0 amide bonds. The Morgan fingerprint density at radius 3 is 2.84 bits per heavy atom. The molecule has 2 aromatic rings. The van der Waals surface area contributed by atoms with Gasteiger partial charge in [-0.15, -0.1) is 0 Å². The predicted molar refractivity (Wildman–Crippen MR) is 70.0 cm³/mol. The molecule has 2 rings (SSSR count). The Hall–Kier alpha value is -1.87. The summed E-state index contributed by atoms with van der Waals surface area (Å²) in [6, 6.07) is 0. The molecule has 104 valence electrons. The van der Waals surface area contributed by atoms with Crippen molar-refractivity contribution in [3.63, 3.8) is 0 Å². The minimum atomic E-state index is -3.68. The lowest BCUT2D eigenvalue weighted by molar-refractivity contribution is 0.594. The first-order valence-corrected chi connectivity index (χ1v) is 7.25. The van der Waals surface area contributed by atoms with E-state index in [2.05, 4.69) is 25.3 Å². The maximum atomic E-state index is 12.2. The summed E-state index contributed by atoms with van der Waals surface area (Å²) in [6.45, 7) is 3.14. The highest BCUT2D eigenvalue weighted by Crippen LogP contribution is 2.16. The molecule has 19 heavy (non-hydrogen) atoms. The molecule has 0 aliphatic carbocycles. The molecule has 0 unspecified atom stereocenters. The number of aryl methyl sites for hydroxylation is 1. The van der Waals surface area contributed by atoms with E-state index in [0.717, 1.165) is 6.54 Å². The monoisotopic (exact) mass is 284 g/mol. The van der Waals surface area contributed by atoms with Crippen molar-refractivity contribution in [1.82, 2.24) is 25.3 Å². The second-order valence-corrected chi connectivity index (χ2v) is 5.63. The number of nitrogens with one attached hydrogen (secondary N) is 3. The van der Waals surface area contributed by atoms with Crippen LogP contribution in [-0.4, -0.2) is 34.9 Å². The van der Waals surface area contributed by atoms with Crippen molar-refractivity contribution < 1.29 is 8.42 Å². The molecule has 0 saturated heterocycles. The van der Waals surface area contributed by atoms with Crippen LogP contribution in [0.25, 0.3) is 0 Å². The molecule has 3 N–H and O–H groups in total. The quantitative estimate of drug-likeness (QED) is 0.695. The fourth-order valence-corrected chi connectivity index (χ4v) is 2.76. The molecule has 2 heterocycles. The zero-order chi connectivity index (χ0) is 13.9. The molecule has 8 nitrogen and oxygen atoms in total.